The molecule has 0 aromatic carbocycles. The van der Waals surface area contributed by atoms with Crippen LogP contribution >= 0.6 is 60.9 Å². The molecule has 0 aromatic heterocycles. The molecule has 0 heterocycles. The Morgan fingerprint density at radius 3 is 0.643 bits per heavy atom. The summed E-state index contributed by atoms with van der Waals surface area (Å²) < 4.78 is 40.2. The van der Waals surface area contributed by atoms with Crippen LogP contribution < -0.4 is 0 Å². The van der Waals surface area contributed by atoms with Gasteiger partial charge in [0.25, 0.3) is 0 Å². The zero-order valence-corrected chi connectivity index (χ0v) is 37.0. The average molecular weight is 743 g/mol. The molecule has 0 N–H and O–H groups in total. The van der Waals surface area contributed by atoms with Crippen molar-refractivity contribution in [1.82, 2.24) is 0 Å². The maximum atomic E-state index is 6.70. The molecule has 254 valence electrons. The zero-order chi connectivity index (χ0) is 33.6. The van der Waals surface area contributed by atoms with Gasteiger partial charge >= 0.3 is 17.6 Å². The fourth-order valence-corrected chi connectivity index (χ4v) is 27.0. The molecule has 42 heavy (non-hydrogen) atoms. The van der Waals surface area contributed by atoms with Gasteiger partial charge in [-0.1, -0.05) is 21.6 Å². The molecule has 2 atom stereocenters. The van der Waals surface area contributed by atoms with Crippen molar-refractivity contribution in [1.29, 1.82) is 0 Å². The molecule has 0 radical (unpaired) electrons. The van der Waals surface area contributed by atoms with E-state index in [9.17, 15) is 0 Å². The van der Waals surface area contributed by atoms with Crippen molar-refractivity contribution >= 4 is 78.5 Å². The van der Waals surface area contributed by atoms with E-state index in [0.29, 0.717) is 0 Å². The summed E-state index contributed by atoms with van der Waals surface area (Å²) >= 11 is 0. The molecule has 0 spiro atoms. The number of hydrogen-bond acceptors (Lipinski definition) is 12. The molecule has 0 aliphatic heterocycles. The van der Waals surface area contributed by atoms with E-state index < -0.39 is 51.2 Å². The van der Waals surface area contributed by atoms with E-state index in [-0.39, 0.29) is 9.75 Å². The van der Waals surface area contributed by atoms with Gasteiger partial charge in [-0.25, -0.2) is 0 Å². The Kier molecular flexibility index (Phi) is 17.5. The standard InChI is InChI=1S/C28H62O6S6Si2/c1-21(41(29-23(3,4)5,30-24(6,7)8)31-25(9,10)11)35-37-39-40-38-36-22(2)42(32-26(12,13)14,33-27(15,16)17)34-28(18,19)20/h21-22H,1-20H3. The van der Waals surface area contributed by atoms with Crippen LogP contribution in [0.4, 0.5) is 0 Å². The van der Waals surface area contributed by atoms with Crippen LogP contribution in [0.15, 0.2) is 0 Å². The molecule has 0 aliphatic carbocycles. The van der Waals surface area contributed by atoms with Gasteiger partial charge in [0.15, 0.2) is 0 Å². The zero-order valence-electron chi connectivity index (χ0n) is 30.1. The van der Waals surface area contributed by atoms with Gasteiger partial charge < -0.3 is 26.6 Å². The van der Waals surface area contributed by atoms with Crippen molar-refractivity contribution in [2.24, 2.45) is 0 Å². The molecule has 0 amide bonds. The average Bonchev–Trinajstić information content (AvgIpc) is 2.61. The SMILES string of the molecule is CC(SSSSSSC(C)[Si](OC(C)(C)C)(OC(C)(C)C)OC(C)(C)C)[Si](OC(C)(C)C)(OC(C)(C)C)OC(C)(C)C. The molecule has 14 heteroatoms. The first-order chi connectivity index (χ1) is 18.3. The smallest absolute Gasteiger partial charge is 0.368 e. The van der Waals surface area contributed by atoms with E-state index in [1.165, 1.54) is 0 Å². The van der Waals surface area contributed by atoms with E-state index in [0.717, 1.165) is 0 Å². The highest BCUT2D eigenvalue weighted by molar-refractivity contribution is 9.42. The van der Waals surface area contributed by atoms with Crippen molar-refractivity contribution in [2.45, 2.75) is 182 Å². The highest BCUT2D eigenvalue weighted by Crippen LogP contribution is 2.56. The Balaban J connectivity index is 5.58. The van der Waals surface area contributed by atoms with Gasteiger partial charge in [0.1, 0.15) is 0 Å². The van der Waals surface area contributed by atoms with Crippen molar-refractivity contribution in [3.63, 3.8) is 0 Å². The van der Waals surface area contributed by atoms with Crippen LogP contribution in [0.3, 0.4) is 0 Å². The summed E-state index contributed by atoms with van der Waals surface area (Å²) in [5, 5.41) is 0. The Labute approximate surface area is 285 Å². The van der Waals surface area contributed by atoms with Gasteiger partial charge in [0.2, 0.25) is 0 Å². The van der Waals surface area contributed by atoms with Gasteiger partial charge in [-0.2, -0.15) is 0 Å². The van der Waals surface area contributed by atoms with Gasteiger partial charge in [0.05, 0.1) is 43.4 Å². The minimum Gasteiger partial charge on any atom is -0.368 e. The lowest BCUT2D eigenvalue weighted by atomic mass is 10.2. The lowest BCUT2D eigenvalue weighted by Crippen LogP contribution is -2.62. The van der Waals surface area contributed by atoms with Crippen LogP contribution in [0.25, 0.3) is 0 Å². The lowest BCUT2D eigenvalue weighted by molar-refractivity contribution is -0.0772. The summed E-state index contributed by atoms with van der Waals surface area (Å²) in [6.07, 6.45) is 0. The minimum atomic E-state index is -3.12. The normalized spacial score (nSPS) is 16.6. The van der Waals surface area contributed by atoms with E-state index in [1.807, 2.05) is 0 Å². The summed E-state index contributed by atoms with van der Waals surface area (Å²) in [7, 11) is 4.18. The minimum absolute atomic E-state index is 0.0189. The summed E-state index contributed by atoms with van der Waals surface area (Å²) in [5.74, 6) is 0. The van der Waals surface area contributed by atoms with Gasteiger partial charge in [0, 0.05) is 0 Å². The predicted molar refractivity (Wildman–Crippen MR) is 201 cm³/mol. The monoisotopic (exact) mass is 742 g/mol. The first kappa shape index (κ1) is 44.3. The lowest BCUT2D eigenvalue weighted by Gasteiger charge is -2.45. The maximum absolute atomic E-state index is 6.70. The Bertz CT molecular complexity index is 648. The summed E-state index contributed by atoms with van der Waals surface area (Å²) in [6, 6.07) is 0. The molecule has 0 aromatic rings. The molecule has 0 bridgehead atoms. The third-order valence-electron chi connectivity index (χ3n) is 4.14. The van der Waals surface area contributed by atoms with E-state index in [2.05, 4.69) is 138 Å². The highest BCUT2D eigenvalue weighted by Gasteiger charge is 2.56. The van der Waals surface area contributed by atoms with Crippen molar-refractivity contribution in [2.75, 3.05) is 0 Å². The fourth-order valence-electron chi connectivity index (χ4n) is 3.47. The molecular formula is C28H62O6S6Si2. The fraction of sp³-hybridized carbons (Fsp3) is 1.00. The largest absolute Gasteiger partial charge is 0.516 e. The van der Waals surface area contributed by atoms with Crippen LogP contribution in [0, 0.1) is 0 Å². The molecule has 0 saturated heterocycles. The first-order valence-corrected chi connectivity index (χ1v) is 25.7. The molecule has 0 aliphatic rings. The third kappa shape index (κ3) is 20.5. The van der Waals surface area contributed by atoms with E-state index >= 15 is 0 Å². The van der Waals surface area contributed by atoms with Crippen molar-refractivity contribution in [3.8, 4) is 0 Å². The van der Waals surface area contributed by atoms with Crippen LogP contribution in [0.5, 0.6) is 0 Å². The molecule has 2 unspecified atom stereocenters. The third-order valence-corrected chi connectivity index (χ3v) is 26.0. The van der Waals surface area contributed by atoms with Gasteiger partial charge in [-0.3, -0.25) is 0 Å². The Morgan fingerprint density at radius 2 is 0.500 bits per heavy atom. The van der Waals surface area contributed by atoms with Gasteiger partial charge in [-0.05, 0) is 178 Å². The summed E-state index contributed by atoms with van der Waals surface area (Å²) in [4.78, 5) is 0.0379. The quantitative estimate of drug-likeness (QED) is 0.0912. The predicted octanol–water partition coefficient (Wildman–Crippen LogP) is 11.6. The Hall–Kier alpha value is 2.29. The second-order valence-corrected chi connectivity index (χ2v) is 32.5. The molecule has 0 fully saturated rings. The maximum Gasteiger partial charge on any atom is 0.516 e. The van der Waals surface area contributed by atoms with Crippen molar-refractivity contribution in [3.05, 3.63) is 0 Å². The molecule has 0 saturated carbocycles. The van der Waals surface area contributed by atoms with E-state index in [1.54, 1.807) is 60.9 Å². The number of rotatable bonds is 15. The molecule has 6 nitrogen and oxygen atoms in total. The molecular weight excluding hydrogens is 681 g/mol. The van der Waals surface area contributed by atoms with Crippen LogP contribution in [-0.4, -0.2) is 61.0 Å². The van der Waals surface area contributed by atoms with Crippen molar-refractivity contribution < 1.29 is 26.6 Å². The van der Waals surface area contributed by atoms with E-state index in [4.69, 9.17) is 26.6 Å². The van der Waals surface area contributed by atoms with Crippen LogP contribution in [0.1, 0.15) is 138 Å². The molecule has 0 rings (SSSR count). The Morgan fingerprint density at radius 1 is 0.333 bits per heavy atom. The first-order valence-electron chi connectivity index (χ1n) is 14.5. The van der Waals surface area contributed by atoms with Gasteiger partial charge in [-0.15, -0.1) is 0 Å². The van der Waals surface area contributed by atoms with Crippen LogP contribution in [-0.2, 0) is 26.6 Å². The second-order valence-electron chi connectivity index (χ2n) is 16.2. The second kappa shape index (κ2) is 16.6. The summed E-state index contributed by atoms with van der Waals surface area (Å²) in [6.45, 7) is 41.5. The summed E-state index contributed by atoms with van der Waals surface area (Å²) in [5.41, 5.74) is -2.40. The topological polar surface area (TPSA) is 55.4 Å². The highest BCUT2D eigenvalue weighted by atomic mass is 33.9. The van der Waals surface area contributed by atoms with Crippen LogP contribution in [0.2, 0.25) is 0 Å². The number of hydrogen-bond donors (Lipinski definition) is 0.